The molecule has 240 valence electrons. The van der Waals surface area contributed by atoms with Crippen LogP contribution in [0.2, 0.25) is 0 Å². The molecule has 2 saturated heterocycles. The van der Waals surface area contributed by atoms with Gasteiger partial charge in [-0.05, 0) is 94.6 Å². The van der Waals surface area contributed by atoms with E-state index >= 15 is 0 Å². The van der Waals surface area contributed by atoms with Crippen LogP contribution < -0.4 is 20.9 Å². The Morgan fingerprint density at radius 1 is 1.02 bits per heavy atom. The number of amides is 1. The zero-order valence-corrected chi connectivity index (χ0v) is 25.5. The van der Waals surface area contributed by atoms with E-state index in [9.17, 15) is 23.1 Å². The van der Waals surface area contributed by atoms with Gasteiger partial charge in [0, 0.05) is 37.2 Å². The van der Waals surface area contributed by atoms with Crippen LogP contribution in [-0.2, 0) is 5.60 Å². The third-order valence-corrected chi connectivity index (χ3v) is 8.85. The molecule has 4 heterocycles. The van der Waals surface area contributed by atoms with Crippen molar-refractivity contribution in [1.29, 1.82) is 0 Å². The molecule has 3 aromatic rings. The number of likely N-dealkylation sites (tertiary alicyclic amines) is 1. The van der Waals surface area contributed by atoms with E-state index in [0.717, 1.165) is 30.5 Å². The van der Waals surface area contributed by atoms with Gasteiger partial charge >= 0.3 is 6.18 Å². The number of pyridine rings is 1. The van der Waals surface area contributed by atoms with Gasteiger partial charge in [0.15, 0.2) is 5.60 Å². The molecule has 2 aromatic heterocycles. The maximum Gasteiger partial charge on any atom is 0.422 e. The predicted molar refractivity (Wildman–Crippen MR) is 168 cm³/mol. The third-order valence-electron chi connectivity index (χ3n) is 8.85. The number of halogens is 3. The number of piperidine rings is 2. The fraction of sp³-hybridized carbons (Fsp3) is 0.438. The number of nitrogens with zero attached hydrogens (tertiary/aromatic N) is 5. The van der Waals surface area contributed by atoms with Crippen molar-refractivity contribution in [3.05, 3.63) is 72.6 Å². The highest BCUT2D eigenvalue weighted by atomic mass is 19.4. The molecular formula is C32H39F3N8O2. The van der Waals surface area contributed by atoms with Gasteiger partial charge in [0.05, 0.1) is 5.69 Å². The summed E-state index contributed by atoms with van der Waals surface area (Å²) in [7, 11) is 2.19. The predicted octanol–water partition coefficient (Wildman–Crippen LogP) is 5.36. The van der Waals surface area contributed by atoms with Crippen molar-refractivity contribution >= 4 is 34.9 Å². The molecule has 10 nitrogen and oxygen atoms in total. The van der Waals surface area contributed by atoms with Crippen molar-refractivity contribution in [1.82, 2.24) is 25.2 Å². The summed E-state index contributed by atoms with van der Waals surface area (Å²) in [5, 5.41) is 18.7. The minimum absolute atomic E-state index is 0.0122. The van der Waals surface area contributed by atoms with Gasteiger partial charge in [0.1, 0.15) is 17.2 Å². The summed E-state index contributed by atoms with van der Waals surface area (Å²) in [6.45, 7) is 8.79. The SMILES string of the molecule is C=CCNC(=O)c1cnc(Nc2ccc(N3CCC4(CCN(C)CC4)CC3)cc2)nc1Nc1cccc(C(C)(O)C(F)(F)F)n1. The van der Waals surface area contributed by atoms with Gasteiger partial charge in [-0.15, -0.1) is 6.58 Å². The van der Waals surface area contributed by atoms with E-state index < -0.39 is 23.4 Å². The maximum absolute atomic E-state index is 13.4. The molecule has 1 spiro atoms. The van der Waals surface area contributed by atoms with Gasteiger partial charge in [0.2, 0.25) is 5.95 Å². The van der Waals surface area contributed by atoms with E-state index in [1.165, 1.54) is 63.2 Å². The standard InChI is InChI=1S/C32H39F3N8O2/c1-4-16-36-28(44)24-21-37-29(41-27(24)40-26-7-5-6-25(39-26)30(2,45)32(33,34)35)38-22-8-10-23(11-9-22)43-19-14-31(15-20-43)12-17-42(3)18-13-31/h4-11,21,45H,1,12-20H2,2-3H3,(H,36,44)(H2,37,38,39,40,41). The van der Waals surface area contributed by atoms with Crippen molar-refractivity contribution in [2.24, 2.45) is 5.41 Å². The first-order valence-electron chi connectivity index (χ1n) is 15.0. The van der Waals surface area contributed by atoms with Crippen LogP contribution in [0.25, 0.3) is 0 Å². The van der Waals surface area contributed by atoms with Crippen LogP contribution in [0.15, 0.2) is 61.3 Å². The Morgan fingerprint density at radius 3 is 2.33 bits per heavy atom. The summed E-state index contributed by atoms with van der Waals surface area (Å²) in [5.74, 6) is -0.396. The summed E-state index contributed by atoms with van der Waals surface area (Å²) in [5.41, 5.74) is -1.42. The van der Waals surface area contributed by atoms with E-state index in [1.54, 1.807) is 0 Å². The summed E-state index contributed by atoms with van der Waals surface area (Å²) in [6.07, 6.45) is 2.80. The average molecular weight is 625 g/mol. The van der Waals surface area contributed by atoms with E-state index in [1.807, 2.05) is 24.3 Å². The molecular weight excluding hydrogens is 585 g/mol. The number of aromatic nitrogens is 3. The highest BCUT2D eigenvalue weighted by molar-refractivity contribution is 5.99. The molecule has 2 aliphatic rings. The summed E-state index contributed by atoms with van der Waals surface area (Å²) < 4.78 is 40.3. The molecule has 1 unspecified atom stereocenters. The lowest BCUT2D eigenvalue weighted by Gasteiger charge is -2.46. The van der Waals surface area contributed by atoms with Crippen LogP contribution in [0.3, 0.4) is 0 Å². The smallest absolute Gasteiger partial charge is 0.375 e. The fourth-order valence-electron chi connectivity index (χ4n) is 5.72. The summed E-state index contributed by atoms with van der Waals surface area (Å²) in [6, 6.07) is 11.8. The molecule has 0 radical (unpaired) electrons. The second-order valence-electron chi connectivity index (χ2n) is 12.0. The monoisotopic (exact) mass is 624 g/mol. The van der Waals surface area contributed by atoms with Gasteiger partial charge in [-0.1, -0.05) is 12.1 Å². The number of anilines is 5. The molecule has 13 heteroatoms. The first-order chi connectivity index (χ1) is 21.4. The molecule has 2 aliphatic heterocycles. The van der Waals surface area contributed by atoms with Gasteiger partial charge in [-0.25, -0.2) is 9.97 Å². The van der Waals surface area contributed by atoms with E-state index in [2.05, 4.69) is 54.3 Å². The van der Waals surface area contributed by atoms with Crippen LogP contribution in [0.4, 0.5) is 42.1 Å². The lowest BCUT2D eigenvalue weighted by Crippen LogP contribution is -2.46. The highest BCUT2D eigenvalue weighted by Crippen LogP contribution is 2.42. The van der Waals surface area contributed by atoms with Gasteiger partial charge in [-0.3, -0.25) is 4.79 Å². The van der Waals surface area contributed by atoms with E-state index in [-0.39, 0.29) is 29.7 Å². The molecule has 45 heavy (non-hydrogen) atoms. The zero-order chi connectivity index (χ0) is 32.2. The number of carbonyl (C=O) groups is 1. The second kappa shape index (κ2) is 13.0. The quantitative estimate of drug-likeness (QED) is 0.234. The molecule has 0 saturated carbocycles. The normalized spacial score (nSPS) is 18.2. The largest absolute Gasteiger partial charge is 0.422 e. The molecule has 0 bridgehead atoms. The van der Waals surface area contributed by atoms with E-state index in [0.29, 0.717) is 12.3 Å². The van der Waals surface area contributed by atoms with Crippen molar-refractivity contribution < 1.29 is 23.1 Å². The first-order valence-corrected chi connectivity index (χ1v) is 15.0. The molecule has 1 atom stereocenters. The number of benzene rings is 1. The Morgan fingerprint density at radius 2 is 1.69 bits per heavy atom. The van der Waals surface area contributed by atoms with Crippen LogP contribution in [0.1, 0.15) is 48.7 Å². The lowest BCUT2D eigenvalue weighted by molar-refractivity contribution is -0.260. The minimum atomic E-state index is -4.95. The third kappa shape index (κ3) is 7.36. The van der Waals surface area contributed by atoms with Crippen LogP contribution >= 0.6 is 0 Å². The Labute approximate surface area is 260 Å². The Hall–Kier alpha value is -4.23. The maximum atomic E-state index is 13.4. The summed E-state index contributed by atoms with van der Waals surface area (Å²) in [4.78, 5) is 30.3. The number of rotatable bonds is 9. The molecule has 0 aliphatic carbocycles. The first kappa shape index (κ1) is 32.2. The highest BCUT2D eigenvalue weighted by Gasteiger charge is 2.52. The number of alkyl halides is 3. The van der Waals surface area contributed by atoms with Crippen LogP contribution in [0, 0.1) is 5.41 Å². The Balaban J connectivity index is 1.31. The van der Waals surface area contributed by atoms with Crippen molar-refractivity contribution in [3.8, 4) is 0 Å². The molecule has 1 amide bonds. The molecule has 5 rings (SSSR count). The topological polar surface area (TPSA) is 119 Å². The molecule has 1 aromatic carbocycles. The number of nitrogens with one attached hydrogen (secondary N) is 3. The Kier molecular flexibility index (Phi) is 9.31. The minimum Gasteiger partial charge on any atom is -0.375 e. The van der Waals surface area contributed by atoms with Crippen LogP contribution in [0.5, 0.6) is 0 Å². The number of carbonyl (C=O) groups excluding carboxylic acids is 1. The fourth-order valence-corrected chi connectivity index (χ4v) is 5.72. The molecule has 2 fully saturated rings. The average Bonchev–Trinajstić information content (AvgIpc) is 3.02. The number of hydrogen-bond donors (Lipinski definition) is 4. The zero-order valence-electron chi connectivity index (χ0n) is 25.5. The van der Waals surface area contributed by atoms with Gasteiger partial charge < -0.3 is 30.9 Å². The van der Waals surface area contributed by atoms with E-state index in [4.69, 9.17) is 0 Å². The number of aliphatic hydroxyl groups is 1. The van der Waals surface area contributed by atoms with Gasteiger partial charge in [-0.2, -0.15) is 18.2 Å². The van der Waals surface area contributed by atoms with Crippen LogP contribution in [-0.4, -0.2) is 76.8 Å². The van der Waals surface area contributed by atoms with Crippen molar-refractivity contribution in [2.75, 3.05) is 55.3 Å². The Bertz CT molecular complexity index is 1490. The number of hydrogen-bond acceptors (Lipinski definition) is 9. The lowest BCUT2D eigenvalue weighted by atomic mass is 9.71. The van der Waals surface area contributed by atoms with Crippen molar-refractivity contribution in [2.45, 2.75) is 44.4 Å². The summed E-state index contributed by atoms with van der Waals surface area (Å²) >= 11 is 0. The molecule has 4 N–H and O–H groups in total. The van der Waals surface area contributed by atoms with Gasteiger partial charge in [0.25, 0.3) is 5.91 Å². The second-order valence-corrected chi connectivity index (χ2v) is 12.0. The van der Waals surface area contributed by atoms with Crippen molar-refractivity contribution in [3.63, 3.8) is 0 Å².